The molecule has 3 rings (SSSR count). The number of hydrogen-bond acceptors (Lipinski definition) is 2. The summed E-state index contributed by atoms with van der Waals surface area (Å²) in [5.41, 5.74) is 3.34. The number of halogens is 1. The molecule has 4 nitrogen and oxygen atoms in total. The van der Waals surface area contributed by atoms with E-state index < -0.39 is 6.04 Å². The molecule has 1 aliphatic rings. The number of anilines is 1. The highest BCUT2D eigenvalue weighted by atomic mass is 19.1. The van der Waals surface area contributed by atoms with E-state index in [1.807, 2.05) is 26.0 Å². The average molecular weight is 326 g/mol. The van der Waals surface area contributed by atoms with Crippen LogP contribution in [-0.4, -0.2) is 24.4 Å². The summed E-state index contributed by atoms with van der Waals surface area (Å²) in [4.78, 5) is 26.4. The highest BCUT2D eigenvalue weighted by Gasteiger charge is 2.33. The largest absolute Gasteiger partial charge is 0.340 e. The molecule has 0 aliphatic carbocycles. The fourth-order valence-electron chi connectivity index (χ4n) is 2.82. The molecule has 2 amide bonds. The first-order chi connectivity index (χ1) is 11.5. The normalized spacial score (nSPS) is 17.2. The van der Waals surface area contributed by atoms with Gasteiger partial charge in [-0.15, -0.1) is 0 Å². The van der Waals surface area contributed by atoms with Crippen LogP contribution in [0, 0.1) is 19.7 Å². The molecule has 0 spiro atoms. The summed E-state index contributed by atoms with van der Waals surface area (Å²) in [6, 6.07) is 10.7. The number of benzene rings is 2. The van der Waals surface area contributed by atoms with Gasteiger partial charge >= 0.3 is 0 Å². The summed E-state index contributed by atoms with van der Waals surface area (Å²) >= 11 is 0. The monoisotopic (exact) mass is 326 g/mol. The summed E-state index contributed by atoms with van der Waals surface area (Å²) in [5.74, 6) is -0.763. The van der Waals surface area contributed by atoms with Crippen LogP contribution in [0.25, 0.3) is 0 Å². The van der Waals surface area contributed by atoms with E-state index >= 15 is 0 Å². The lowest BCUT2D eigenvalue weighted by Crippen LogP contribution is -2.41. The number of amides is 2. The molecule has 1 aliphatic heterocycles. The maximum absolute atomic E-state index is 13.0. The molecule has 2 aromatic rings. The fourth-order valence-corrected chi connectivity index (χ4v) is 2.82. The summed E-state index contributed by atoms with van der Waals surface area (Å²) in [5, 5.41) is 2.80. The first-order valence-electron chi connectivity index (χ1n) is 7.91. The Kier molecular flexibility index (Phi) is 4.34. The quantitative estimate of drug-likeness (QED) is 0.943. The van der Waals surface area contributed by atoms with Crippen LogP contribution in [0.15, 0.2) is 42.5 Å². The Bertz CT molecular complexity index is 786. The molecule has 0 radical (unpaired) electrons. The van der Waals surface area contributed by atoms with Crippen LogP contribution in [0.4, 0.5) is 10.1 Å². The Morgan fingerprint density at radius 3 is 2.50 bits per heavy atom. The molecule has 24 heavy (non-hydrogen) atoms. The Morgan fingerprint density at radius 2 is 1.83 bits per heavy atom. The zero-order valence-electron chi connectivity index (χ0n) is 13.7. The SMILES string of the molecule is Cc1ccc(C(=O)N[C@@H]2CCN(c3ccc(F)cc3)C2=O)cc1C. The molecule has 0 unspecified atom stereocenters. The van der Waals surface area contributed by atoms with Crippen LogP contribution >= 0.6 is 0 Å². The second-order valence-electron chi connectivity index (χ2n) is 6.08. The van der Waals surface area contributed by atoms with E-state index in [0.29, 0.717) is 24.2 Å². The summed E-state index contributed by atoms with van der Waals surface area (Å²) in [6.45, 7) is 4.43. The number of nitrogens with one attached hydrogen (secondary N) is 1. The highest BCUT2D eigenvalue weighted by molar-refractivity contribution is 6.03. The van der Waals surface area contributed by atoms with Crippen LogP contribution in [0.1, 0.15) is 27.9 Å². The van der Waals surface area contributed by atoms with E-state index in [1.54, 1.807) is 23.1 Å². The van der Waals surface area contributed by atoms with Crippen molar-refractivity contribution in [2.75, 3.05) is 11.4 Å². The van der Waals surface area contributed by atoms with Crippen LogP contribution in [0.5, 0.6) is 0 Å². The van der Waals surface area contributed by atoms with Gasteiger partial charge in [0.2, 0.25) is 5.91 Å². The first kappa shape index (κ1) is 16.2. The lowest BCUT2D eigenvalue weighted by Gasteiger charge is -2.17. The molecule has 5 heteroatoms. The molecule has 0 aromatic heterocycles. The Balaban J connectivity index is 1.70. The minimum Gasteiger partial charge on any atom is -0.340 e. The highest BCUT2D eigenvalue weighted by Crippen LogP contribution is 2.22. The molecule has 1 atom stereocenters. The number of carbonyl (C=O) groups excluding carboxylic acids is 2. The summed E-state index contributed by atoms with van der Waals surface area (Å²) in [6.07, 6.45) is 0.535. The minimum atomic E-state index is -0.552. The van der Waals surface area contributed by atoms with E-state index in [1.165, 1.54) is 12.1 Å². The third-order valence-corrected chi connectivity index (χ3v) is 4.42. The average Bonchev–Trinajstić information content (AvgIpc) is 2.92. The van der Waals surface area contributed by atoms with Crippen LogP contribution < -0.4 is 10.2 Å². The van der Waals surface area contributed by atoms with Crippen molar-refractivity contribution in [2.45, 2.75) is 26.3 Å². The third-order valence-electron chi connectivity index (χ3n) is 4.42. The van der Waals surface area contributed by atoms with Crippen LogP contribution in [-0.2, 0) is 4.79 Å². The Morgan fingerprint density at radius 1 is 1.12 bits per heavy atom. The van der Waals surface area contributed by atoms with E-state index in [4.69, 9.17) is 0 Å². The predicted molar refractivity (Wildman–Crippen MR) is 90.5 cm³/mol. The molecule has 2 aromatic carbocycles. The van der Waals surface area contributed by atoms with Gasteiger partial charge in [0.15, 0.2) is 0 Å². The van der Waals surface area contributed by atoms with Crippen molar-refractivity contribution < 1.29 is 14.0 Å². The van der Waals surface area contributed by atoms with E-state index in [2.05, 4.69) is 5.32 Å². The van der Waals surface area contributed by atoms with Gasteiger partial charge in [-0.05, 0) is 67.8 Å². The van der Waals surface area contributed by atoms with Crippen molar-refractivity contribution >= 4 is 17.5 Å². The Hall–Kier alpha value is -2.69. The molecular formula is C19H19FN2O2. The van der Waals surface area contributed by atoms with Crippen molar-refractivity contribution in [1.82, 2.24) is 5.32 Å². The second kappa shape index (κ2) is 6.43. The van der Waals surface area contributed by atoms with Crippen molar-refractivity contribution in [1.29, 1.82) is 0 Å². The lowest BCUT2D eigenvalue weighted by atomic mass is 10.1. The molecule has 1 saturated heterocycles. The van der Waals surface area contributed by atoms with Crippen LogP contribution in [0.3, 0.4) is 0 Å². The second-order valence-corrected chi connectivity index (χ2v) is 6.08. The van der Waals surface area contributed by atoms with Gasteiger partial charge < -0.3 is 10.2 Å². The van der Waals surface area contributed by atoms with Gasteiger partial charge in [0.1, 0.15) is 11.9 Å². The van der Waals surface area contributed by atoms with Crippen molar-refractivity contribution in [3.8, 4) is 0 Å². The maximum atomic E-state index is 13.0. The molecule has 0 bridgehead atoms. The smallest absolute Gasteiger partial charge is 0.251 e. The van der Waals surface area contributed by atoms with E-state index in [-0.39, 0.29) is 17.6 Å². The number of carbonyl (C=O) groups is 2. The lowest BCUT2D eigenvalue weighted by molar-refractivity contribution is -0.118. The number of aryl methyl sites for hydroxylation is 2. The topological polar surface area (TPSA) is 49.4 Å². The zero-order chi connectivity index (χ0) is 17.3. The van der Waals surface area contributed by atoms with Crippen molar-refractivity contribution in [3.05, 3.63) is 65.0 Å². The zero-order valence-corrected chi connectivity index (χ0v) is 13.7. The number of hydrogen-bond donors (Lipinski definition) is 1. The molecule has 1 N–H and O–H groups in total. The van der Waals surface area contributed by atoms with Gasteiger partial charge in [-0.3, -0.25) is 9.59 Å². The molecule has 1 heterocycles. The van der Waals surface area contributed by atoms with Gasteiger partial charge in [0, 0.05) is 17.8 Å². The first-order valence-corrected chi connectivity index (χ1v) is 7.91. The molecule has 124 valence electrons. The van der Waals surface area contributed by atoms with Gasteiger partial charge in [-0.25, -0.2) is 4.39 Å². The van der Waals surface area contributed by atoms with E-state index in [9.17, 15) is 14.0 Å². The number of nitrogens with zero attached hydrogens (tertiary/aromatic N) is 1. The van der Waals surface area contributed by atoms with Gasteiger partial charge in [-0.2, -0.15) is 0 Å². The van der Waals surface area contributed by atoms with Gasteiger partial charge in [0.25, 0.3) is 5.91 Å². The molecule has 1 fully saturated rings. The fraction of sp³-hybridized carbons (Fsp3) is 0.263. The number of rotatable bonds is 3. The standard InChI is InChI=1S/C19H19FN2O2/c1-12-3-4-14(11-13(12)2)18(23)21-17-9-10-22(19(17)24)16-7-5-15(20)6-8-16/h3-8,11,17H,9-10H2,1-2H3,(H,21,23)/t17-/m1/s1. The Labute approximate surface area is 140 Å². The van der Waals surface area contributed by atoms with Crippen molar-refractivity contribution in [3.63, 3.8) is 0 Å². The minimum absolute atomic E-state index is 0.168. The van der Waals surface area contributed by atoms with Gasteiger partial charge in [0.05, 0.1) is 0 Å². The summed E-state index contributed by atoms with van der Waals surface area (Å²) in [7, 11) is 0. The maximum Gasteiger partial charge on any atom is 0.251 e. The third kappa shape index (κ3) is 3.15. The molecule has 0 saturated carbocycles. The van der Waals surface area contributed by atoms with E-state index in [0.717, 1.165) is 11.1 Å². The predicted octanol–water partition coefficient (Wildman–Crippen LogP) is 2.98. The van der Waals surface area contributed by atoms with Crippen LogP contribution in [0.2, 0.25) is 0 Å². The van der Waals surface area contributed by atoms with Gasteiger partial charge in [-0.1, -0.05) is 6.07 Å². The molecular weight excluding hydrogens is 307 g/mol. The summed E-state index contributed by atoms with van der Waals surface area (Å²) < 4.78 is 13.0. The van der Waals surface area contributed by atoms with Crippen molar-refractivity contribution in [2.24, 2.45) is 0 Å².